The number of nitrogen functional groups attached to an aromatic ring is 1. The van der Waals surface area contributed by atoms with Crippen molar-refractivity contribution in [2.24, 2.45) is 0 Å². The number of nitrogens with one attached hydrogen (secondary N) is 1. The summed E-state index contributed by atoms with van der Waals surface area (Å²) in [4.78, 5) is 11.6. The number of methoxy groups -OCH3 is 2. The smallest absolute Gasteiger partial charge is 0.340 e. The third kappa shape index (κ3) is 3.28. The van der Waals surface area contributed by atoms with E-state index in [0.717, 1.165) is 10.2 Å². The summed E-state index contributed by atoms with van der Waals surface area (Å²) >= 11 is 3.45. The van der Waals surface area contributed by atoms with Crippen LogP contribution in [0.4, 0.5) is 17.1 Å². The molecule has 0 unspecified atom stereocenters. The fourth-order valence-corrected chi connectivity index (χ4v) is 2.18. The Labute approximate surface area is 131 Å². The molecule has 0 bridgehead atoms. The summed E-state index contributed by atoms with van der Waals surface area (Å²) in [7, 11) is 2.92. The molecule has 0 atom stereocenters. The van der Waals surface area contributed by atoms with Crippen LogP contribution >= 0.6 is 15.9 Å². The van der Waals surface area contributed by atoms with Gasteiger partial charge < -0.3 is 20.5 Å². The van der Waals surface area contributed by atoms with E-state index in [1.165, 1.54) is 7.11 Å². The van der Waals surface area contributed by atoms with Crippen LogP contribution in [0.25, 0.3) is 0 Å². The minimum Gasteiger partial charge on any atom is -0.497 e. The molecule has 0 saturated heterocycles. The van der Waals surface area contributed by atoms with E-state index in [9.17, 15) is 4.79 Å². The number of esters is 1. The molecular formula is C15H15BrN2O3. The van der Waals surface area contributed by atoms with Gasteiger partial charge in [0, 0.05) is 10.5 Å². The van der Waals surface area contributed by atoms with Crippen molar-refractivity contribution in [1.82, 2.24) is 0 Å². The van der Waals surface area contributed by atoms with Gasteiger partial charge in [0.15, 0.2) is 0 Å². The third-order valence-electron chi connectivity index (χ3n) is 2.95. The van der Waals surface area contributed by atoms with Crippen molar-refractivity contribution >= 4 is 39.0 Å². The Balaban J connectivity index is 2.38. The van der Waals surface area contributed by atoms with Gasteiger partial charge in [0.25, 0.3) is 0 Å². The number of para-hydroxylation sites is 1. The van der Waals surface area contributed by atoms with E-state index in [2.05, 4.69) is 21.2 Å². The fraction of sp³-hybridized carbons (Fsp3) is 0.133. The number of anilines is 3. The number of carbonyl (C=O) groups excluding carboxylic acids is 1. The topological polar surface area (TPSA) is 73.6 Å². The molecule has 2 aromatic rings. The van der Waals surface area contributed by atoms with E-state index < -0.39 is 5.97 Å². The van der Waals surface area contributed by atoms with Gasteiger partial charge in [-0.2, -0.15) is 0 Å². The van der Waals surface area contributed by atoms with Gasteiger partial charge in [-0.25, -0.2) is 4.79 Å². The van der Waals surface area contributed by atoms with Gasteiger partial charge in [0.2, 0.25) is 0 Å². The number of hydrogen-bond donors (Lipinski definition) is 2. The highest BCUT2D eigenvalue weighted by Gasteiger charge is 2.13. The normalized spacial score (nSPS) is 10.0. The molecular weight excluding hydrogens is 336 g/mol. The highest BCUT2D eigenvalue weighted by Crippen LogP contribution is 2.33. The molecule has 0 amide bonds. The van der Waals surface area contributed by atoms with Gasteiger partial charge in [0.1, 0.15) is 5.75 Å². The molecule has 2 rings (SSSR count). The van der Waals surface area contributed by atoms with Crippen LogP contribution in [-0.2, 0) is 4.74 Å². The first-order chi connectivity index (χ1) is 10.1. The third-order valence-corrected chi connectivity index (χ3v) is 3.65. The first kappa shape index (κ1) is 15.2. The lowest BCUT2D eigenvalue weighted by atomic mass is 10.1. The highest BCUT2D eigenvalue weighted by molar-refractivity contribution is 9.10. The zero-order chi connectivity index (χ0) is 15.4. The Morgan fingerprint density at radius 2 is 1.95 bits per heavy atom. The second-order valence-electron chi connectivity index (χ2n) is 4.23. The van der Waals surface area contributed by atoms with Crippen LogP contribution in [0.15, 0.2) is 40.9 Å². The molecule has 3 N–H and O–H groups in total. The van der Waals surface area contributed by atoms with Crippen molar-refractivity contribution in [3.8, 4) is 5.75 Å². The van der Waals surface area contributed by atoms with Crippen molar-refractivity contribution in [3.63, 3.8) is 0 Å². The maximum atomic E-state index is 11.6. The first-order valence-corrected chi connectivity index (χ1v) is 6.93. The molecule has 2 aromatic carbocycles. The van der Waals surface area contributed by atoms with Crippen LogP contribution in [0.2, 0.25) is 0 Å². The number of nitrogens with two attached hydrogens (primary N) is 1. The fourth-order valence-electron chi connectivity index (χ4n) is 1.83. The van der Waals surface area contributed by atoms with Crippen molar-refractivity contribution in [1.29, 1.82) is 0 Å². The zero-order valence-electron chi connectivity index (χ0n) is 11.6. The summed E-state index contributed by atoms with van der Waals surface area (Å²) in [6.07, 6.45) is 0. The lowest BCUT2D eigenvalue weighted by molar-refractivity contribution is 0.0602. The number of carbonyl (C=O) groups is 1. The molecule has 21 heavy (non-hydrogen) atoms. The molecule has 0 aliphatic heterocycles. The minimum absolute atomic E-state index is 0.321. The maximum Gasteiger partial charge on any atom is 0.340 e. The molecule has 5 nitrogen and oxygen atoms in total. The number of halogens is 1. The summed E-state index contributed by atoms with van der Waals surface area (Å²) in [6.45, 7) is 0. The molecule has 0 aliphatic carbocycles. The van der Waals surface area contributed by atoms with Crippen molar-refractivity contribution in [2.45, 2.75) is 0 Å². The van der Waals surface area contributed by atoms with Crippen LogP contribution in [0, 0.1) is 0 Å². The molecule has 0 fully saturated rings. The van der Waals surface area contributed by atoms with E-state index in [-0.39, 0.29) is 0 Å². The number of rotatable bonds is 4. The average Bonchev–Trinajstić information content (AvgIpc) is 2.50. The van der Waals surface area contributed by atoms with Gasteiger partial charge in [-0.1, -0.05) is 6.07 Å². The quantitative estimate of drug-likeness (QED) is 0.651. The van der Waals surface area contributed by atoms with Crippen molar-refractivity contribution in [3.05, 3.63) is 46.4 Å². The first-order valence-electron chi connectivity index (χ1n) is 6.14. The largest absolute Gasteiger partial charge is 0.497 e. The minimum atomic E-state index is -0.471. The Kier molecular flexibility index (Phi) is 4.70. The van der Waals surface area contributed by atoms with Crippen molar-refractivity contribution < 1.29 is 14.3 Å². The lowest BCUT2D eigenvalue weighted by Gasteiger charge is -2.14. The van der Waals surface area contributed by atoms with Crippen molar-refractivity contribution in [2.75, 3.05) is 25.3 Å². The summed E-state index contributed by atoms with van der Waals surface area (Å²) in [5.41, 5.74) is 8.07. The number of benzene rings is 2. The SMILES string of the molecule is COC(=O)c1cccc(Nc2cc(OC)ccc2Br)c1N. The number of hydrogen-bond acceptors (Lipinski definition) is 5. The summed E-state index contributed by atoms with van der Waals surface area (Å²) < 4.78 is 10.8. The monoisotopic (exact) mass is 350 g/mol. The van der Waals surface area contributed by atoms with Crippen LogP contribution in [0.5, 0.6) is 5.75 Å². The van der Waals surface area contributed by atoms with E-state index in [4.69, 9.17) is 15.2 Å². The standard InChI is InChI=1S/C15H15BrN2O3/c1-20-9-6-7-11(16)13(8-9)18-12-5-3-4-10(14(12)17)15(19)21-2/h3-8,18H,17H2,1-2H3. The molecule has 6 heteroatoms. The lowest BCUT2D eigenvalue weighted by Crippen LogP contribution is -2.07. The molecule has 0 saturated carbocycles. The van der Waals surface area contributed by atoms with E-state index in [1.54, 1.807) is 25.3 Å². The molecule has 110 valence electrons. The average molecular weight is 351 g/mol. The molecule has 0 spiro atoms. The van der Waals surface area contributed by atoms with E-state index in [0.29, 0.717) is 22.7 Å². The molecule has 0 aromatic heterocycles. The second kappa shape index (κ2) is 6.49. The van der Waals surface area contributed by atoms with Gasteiger partial charge in [-0.05, 0) is 40.2 Å². The predicted molar refractivity (Wildman–Crippen MR) is 86.2 cm³/mol. The van der Waals surface area contributed by atoms with Gasteiger partial charge in [0.05, 0.1) is 36.8 Å². The van der Waals surface area contributed by atoms with E-state index >= 15 is 0 Å². The van der Waals surface area contributed by atoms with Crippen LogP contribution < -0.4 is 15.8 Å². The summed E-state index contributed by atoms with van der Waals surface area (Å²) in [5.74, 6) is 0.240. The van der Waals surface area contributed by atoms with Gasteiger partial charge in [-0.3, -0.25) is 0 Å². The Morgan fingerprint density at radius 3 is 2.62 bits per heavy atom. The molecule has 0 radical (unpaired) electrons. The van der Waals surface area contributed by atoms with Crippen LogP contribution in [0.3, 0.4) is 0 Å². The highest BCUT2D eigenvalue weighted by atomic mass is 79.9. The van der Waals surface area contributed by atoms with Gasteiger partial charge in [-0.15, -0.1) is 0 Å². The Hall–Kier alpha value is -2.21. The molecule has 0 heterocycles. The predicted octanol–water partition coefficient (Wildman–Crippen LogP) is 3.57. The maximum absolute atomic E-state index is 11.6. The Morgan fingerprint density at radius 1 is 1.19 bits per heavy atom. The Bertz CT molecular complexity index is 674. The van der Waals surface area contributed by atoms with Crippen LogP contribution in [0.1, 0.15) is 10.4 Å². The second-order valence-corrected chi connectivity index (χ2v) is 5.08. The molecule has 0 aliphatic rings. The number of ether oxygens (including phenoxy) is 2. The van der Waals surface area contributed by atoms with E-state index in [1.807, 2.05) is 18.2 Å². The van der Waals surface area contributed by atoms with Gasteiger partial charge >= 0.3 is 5.97 Å². The summed E-state index contributed by atoms with van der Waals surface area (Å²) in [6, 6.07) is 10.7. The zero-order valence-corrected chi connectivity index (χ0v) is 13.2. The van der Waals surface area contributed by atoms with Crippen LogP contribution in [-0.4, -0.2) is 20.2 Å². The summed E-state index contributed by atoms with van der Waals surface area (Å²) in [5, 5.41) is 3.17.